The molecule has 0 fully saturated rings. The number of fused-ring (bicyclic) bond motifs is 1. The zero-order valence-corrected chi connectivity index (χ0v) is 12.5. The zero-order chi connectivity index (χ0) is 16.6. The molecule has 2 N–H and O–H groups in total. The van der Waals surface area contributed by atoms with E-state index in [-0.39, 0.29) is 12.2 Å². The van der Waals surface area contributed by atoms with Crippen LogP contribution in [0.2, 0.25) is 0 Å². The van der Waals surface area contributed by atoms with Crippen LogP contribution in [0.3, 0.4) is 0 Å². The predicted octanol–water partition coefficient (Wildman–Crippen LogP) is 1.90. The summed E-state index contributed by atoms with van der Waals surface area (Å²) in [5, 5.41) is 18.6. The van der Waals surface area contributed by atoms with Crippen molar-refractivity contribution in [3.63, 3.8) is 0 Å². The minimum absolute atomic E-state index is 0.000318. The van der Waals surface area contributed by atoms with Crippen LogP contribution in [0.25, 0.3) is 11.4 Å². The van der Waals surface area contributed by atoms with Crippen LogP contribution >= 0.6 is 0 Å². The summed E-state index contributed by atoms with van der Waals surface area (Å²) in [5.41, 5.74) is 1.31. The first-order chi connectivity index (χ1) is 11.0. The molecule has 7 heteroatoms. The number of imidazole rings is 1. The van der Waals surface area contributed by atoms with Gasteiger partial charge in [-0.05, 0) is 37.1 Å². The number of hydrogen-bond acceptors (Lipinski definition) is 4. The van der Waals surface area contributed by atoms with Gasteiger partial charge in [0.2, 0.25) is 0 Å². The molecule has 1 aliphatic heterocycles. The molecule has 0 aliphatic carbocycles. The Balaban J connectivity index is 2.09. The van der Waals surface area contributed by atoms with Crippen molar-refractivity contribution < 1.29 is 24.5 Å². The highest BCUT2D eigenvalue weighted by Gasteiger charge is 2.31. The van der Waals surface area contributed by atoms with Crippen molar-refractivity contribution in [1.82, 2.24) is 9.55 Å². The number of methoxy groups -OCH3 is 1. The van der Waals surface area contributed by atoms with Crippen LogP contribution in [0.4, 0.5) is 0 Å². The first-order valence-electron chi connectivity index (χ1n) is 7.21. The molecule has 0 spiro atoms. The Hall–Kier alpha value is -2.83. The van der Waals surface area contributed by atoms with Crippen molar-refractivity contribution in [2.24, 2.45) is 5.92 Å². The van der Waals surface area contributed by atoms with E-state index in [9.17, 15) is 19.8 Å². The molecule has 0 bridgehead atoms. The summed E-state index contributed by atoms with van der Waals surface area (Å²) in [5.74, 6) is -1.34. The fourth-order valence-corrected chi connectivity index (χ4v) is 2.89. The van der Waals surface area contributed by atoms with E-state index in [0.29, 0.717) is 30.1 Å². The van der Waals surface area contributed by atoms with E-state index < -0.39 is 17.9 Å². The zero-order valence-electron chi connectivity index (χ0n) is 12.5. The van der Waals surface area contributed by atoms with Gasteiger partial charge in [0, 0.05) is 12.1 Å². The van der Waals surface area contributed by atoms with E-state index in [1.165, 1.54) is 0 Å². The normalized spacial score (nSPS) is 16.7. The van der Waals surface area contributed by atoms with Crippen LogP contribution in [-0.2, 0) is 17.8 Å². The standard InChI is InChI=1S/C16H16N2O5/c1-23-11-5-2-9(3-6-11)14-17-13(16(21)22)12-7-4-10(15(19)20)8-18(12)14/h2-3,5-6,10H,4,7-8H2,1H3,(H,19,20)(H,21,22). The topological polar surface area (TPSA) is 102 Å². The maximum Gasteiger partial charge on any atom is 0.356 e. The number of carbonyl (C=O) groups is 2. The lowest BCUT2D eigenvalue weighted by Gasteiger charge is -2.22. The molecule has 2 aromatic rings. The largest absolute Gasteiger partial charge is 0.497 e. The van der Waals surface area contributed by atoms with E-state index in [2.05, 4.69) is 4.98 Å². The summed E-state index contributed by atoms with van der Waals surface area (Å²) >= 11 is 0. The van der Waals surface area contributed by atoms with Crippen molar-refractivity contribution in [3.05, 3.63) is 35.7 Å². The molecular formula is C16H16N2O5. The molecule has 1 aliphatic rings. The van der Waals surface area contributed by atoms with Crippen molar-refractivity contribution in [2.45, 2.75) is 19.4 Å². The van der Waals surface area contributed by atoms with Crippen molar-refractivity contribution in [3.8, 4) is 17.1 Å². The maximum absolute atomic E-state index is 11.4. The van der Waals surface area contributed by atoms with Gasteiger partial charge in [0.15, 0.2) is 5.69 Å². The number of aliphatic carboxylic acids is 1. The first-order valence-corrected chi connectivity index (χ1v) is 7.21. The Kier molecular flexibility index (Phi) is 3.77. The summed E-state index contributed by atoms with van der Waals surface area (Å²) in [6.45, 7) is 0.228. The second-order valence-electron chi connectivity index (χ2n) is 5.45. The smallest absolute Gasteiger partial charge is 0.356 e. The lowest BCUT2D eigenvalue weighted by Crippen LogP contribution is -2.27. The fourth-order valence-electron chi connectivity index (χ4n) is 2.89. The highest BCUT2D eigenvalue weighted by Crippen LogP contribution is 2.30. The predicted molar refractivity (Wildman–Crippen MR) is 80.6 cm³/mol. The van der Waals surface area contributed by atoms with Gasteiger partial charge >= 0.3 is 11.9 Å². The van der Waals surface area contributed by atoms with Crippen LogP contribution in [0.1, 0.15) is 22.6 Å². The second-order valence-corrected chi connectivity index (χ2v) is 5.45. The average molecular weight is 316 g/mol. The van der Waals surface area contributed by atoms with Crippen molar-refractivity contribution in [1.29, 1.82) is 0 Å². The van der Waals surface area contributed by atoms with E-state index in [4.69, 9.17) is 4.74 Å². The number of benzene rings is 1. The molecule has 3 rings (SSSR count). The second kappa shape index (κ2) is 5.75. The Morgan fingerprint density at radius 1 is 1.26 bits per heavy atom. The van der Waals surface area contributed by atoms with Crippen LogP contribution in [0.15, 0.2) is 24.3 Å². The SMILES string of the molecule is COc1ccc(-c2nc(C(=O)O)c3n2CC(C(=O)O)CC3)cc1. The van der Waals surface area contributed by atoms with Gasteiger partial charge in [0.05, 0.1) is 18.7 Å². The molecule has 1 unspecified atom stereocenters. The van der Waals surface area contributed by atoms with E-state index >= 15 is 0 Å². The number of carboxylic acids is 2. The lowest BCUT2D eigenvalue weighted by molar-refractivity contribution is -0.142. The van der Waals surface area contributed by atoms with Gasteiger partial charge in [-0.15, -0.1) is 0 Å². The van der Waals surface area contributed by atoms with E-state index in [0.717, 1.165) is 5.56 Å². The first kappa shape index (κ1) is 15.1. The molecule has 1 aromatic carbocycles. The summed E-state index contributed by atoms with van der Waals surface area (Å²) in [7, 11) is 1.56. The monoisotopic (exact) mass is 316 g/mol. The maximum atomic E-state index is 11.4. The molecule has 0 saturated carbocycles. The van der Waals surface area contributed by atoms with Crippen LogP contribution in [0.5, 0.6) is 5.75 Å². The third-order valence-corrected chi connectivity index (χ3v) is 4.11. The summed E-state index contributed by atoms with van der Waals surface area (Å²) < 4.78 is 6.83. The molecule has 1 atom stereocenters. The van der Waals surface area contributed by atoms with Crippen molar-refractivity contribution in [2.75, 3.05) is 7.11 Å². The van der Waals surface area contributed by atoms with Crippen LogP contribution < -0.4 is 4.74 Å². The van der Waals surface area contributed by atoms with E-state index in [1.54, 1.807) is 35.9 Å². The number of nitrogens with zero attached hydrogens (tertiary/aromatic N) is 2. The molecule has 23 heavy (non-hydrogen) atoms. The van der Waals surface area contributed by atoms with E-state index in [1.807, 2.05) is 0 Å². The summed E-state index contributed by atoms with van der Waals surface area (Å²) in [4.78, 5) is 26.9. The molecule has 2 heterocycles. The van der Waals surface area contributed by atoms with Gasteiger partial charge in [-0.1, -0.05) is 0 Å². The average Bonchev–Trinajstić information content (AvgIpc) is 2.94. The molecule has 1 aromatic heterocycles. The highest BCUT2D eigenvalue weighted by atomic mass is 16.5. The molecular weight excluding hydrogens is 300 g/mol. The third kappa shape index (κ3) is 2.65. The Morgan fingerprint density at radius 2 is 1.96 bits per heavy atom. The number of ether oxygens (including phenoxy) is 1. The Bertz CT molecular complexity index is 764. The molecule has 120 valence electrons. The van der Waals surface area contributed by atoms with Crippen LogP contribution in [-0.4, -0.2) is 38.8 Å². The van der Waals surface area contributed by atoms with Gasteiger partial charge in [-0.25, -0.2) is 9.78 Å². The van der Waals surface area contributed by atoms with Crippen LogP contribution in [0, 0.1) is 5.92 Å². The number of aromatic carboxylic acids is 1. The quantitative estimate of drug-likeness (QED) is 0.893. The minimum Gasteiger partial charge on any atom is -0.497 e. The Morgan fingerprint density at radius 3 is 2.52 bits per heavy atom. The van der Waals surface area contributed by atoms with Gasteiger partial charge in [-0.3, -0.25) is 4.79 Å². The summed E-state index contributed by atoms with van der Waals surface area (Å²) in [6, 6.07) is 7.08. The van der Waals surface area contributed by atoms with Gasteiger partial charge < -0.3 is 19.5 Å². The molecule has 0 amide bonds. The fraction of sp³-hybridized carbons (Fsp3) is 0.312. The van der Waals surface area contributed by atoms with Crippen molar-refractivity contribution >= 4 is 11.9 Å². The number of hydrogen-bond donors (Lipinski definition) is 2. The minimum atomic E-state index is -1.10. The lowest BCUT2D eigenvalue weighted by atomic mass is 9.97. The number of aromatic nitrogens is 2. The van der Waals surface area contributed by atoms with Gasteiger partial charge in [0.1, 0.15) is 11.6 Å². The van der Waals surface area contributed by atoms with Gasteiger partial charge in [0.25, 0.3) is 0 Å². The molecule has 0 saturated heterocycles. The molecule has 0 radical (unpaired) electrons. The number of rotatable bonds is 4. The molecule has 7 nitrogen and oxygen atoms in total. The summed E-state index contributed by atoms with van der Waals surface area (Å²) in [6.07, 6.45) is 0.811. The van der Waals surface area contributed by atoms with Gasteiger partial charge in [-0.2, -0.15) is 0 Å². The Labute approximate surface area is 132 Å². The third-order valence-electron chi connectivity index (χ3n) is 4.11. The number of carboxylic acid groups (broad SMARTS) is 2. The highest BCUT2D eigenvalue weighted by molar-refractivity contribution is 5.88.